The molecule has 126 valence electrons. The second-order valence-electron chi connectivity index (χ2n) is 5.90. The molecular formula is C19H21FN2O2. The summed E-state index contributed by atoms with van der Waals surface area (Å²) in [5.41, 5.74) is 2.31. The number of methoxy groups -OCH3 is 1. The molecule has 0 saturated carbocycles. The van der Waals surface area contributed by atoms with Crippen LogP contribution in [0.1, 0.15) is 15.9 Å². The Bertz CT molecular complexity index is 712. The number of anilines is 1. The van der Waals surface area contributed by atoms with Gasteiger partial charge in [-0.25, -0.2) is 4.39 Å². The Morgan fingerprint density at radius 2 is 1.88 bits per heavy atom. The van der Waals surface area contributed by atoms with Crippen molar-refractivity contribution in [3.63, 3.8) is 0 Å². The zero-order valence-electron chi connectivity index (χ0n) is 13.7. The molecule has 0 aromatic heterocycles. The smallest absolute Gasteiger partial charge is 0.150 e. The molecule has 0 bridgehead atoms. The van der Waals surface area contributed by atoms with E-state index in [9.17, 15) is 9.18 Å². The number of hydrogen-bond donors (Lipinski definition) is 0. The zero-order valence-corrected chi connectivity index (χ0v) is 13.7. The number of piperazine rings is 1. The van der Waals surface area contributed by atoms with Crippen molar-refractivity contribution in [2.45, 2.75) is 6.54 Å². The number of para-hydroxylation sites is 1. The fourth-order valence-electron chi connectivity index (χ4n) is 3.09. The van der Waals surface area contributed by atoms with Crippen LogP contribution in [-0.2, 0) is 6.54 Å². The van der Waals surface area contributed by atoms with Crippen LogP contribution in [0.2, 0.25) is 0 Å². The maximum Gasteiger partial charge on any atom is 0.150 e. The number of hydrogen-bond acceptors (Lipinski definition) is 4. The Morgan fingerprint density at radius 3 is 2.54 bits per heavy atom. The number of aldehydes is 1. The van der Waals surface area contributed by atoms with E-state index in [0.717, 1.165) is 50.3 Å². The van der Waals surface area contributed by atoms with E-state index in [1.165, 1.54) is 6.07 Å². The van der Waals surface area contributed by atoms with Gasteiger partial charge < -0.3 is 9.64 Å². The molecule has 0 radical (unpaired) electrons. The molecule has 5 heteroatoms. The van der Waals surface area contributed by atoms with Gasteiger partial charge in [-0.05, 0) is 30.3 Å². The molecule has 2 aromatic carbocycles. The monoisotopic (exact) mass is 328 g/mol. The molecular weight excluding hydrogens is 307 g/mol. The van der Waals surface area contributed by atoms with Gasteiger partial charge in [0.15, 0.2) is 0 Å². The van der Waals surface area contributed by atoms with Crippen molar-refractivity contribution in [3.05, 3.63) is 59.4 Å². The van der Waals surface area contributed by atoms with Crippen LogP contribution in [0, 0.1) is 5.82 Å². The number of halogens is 1. The van der Waals surface area contributed by atoms with E-state index < -0.39 is 0 Å². The van der Waals surface area contributed by atoms with E-state index in [2.05, 4.69) is 9.80 Å². The first-order valence-corrected chi connectivity index (χ1v) is 8.05. The third kappa shape index (κ3) is 3.57. The summed E-state index contributed by atoms with van der Waals surface area (Å²) in [4.78, 5) is 15.4. The van der Waals surface area contributed by atoms with Crippen LogP contribution in [0.15, 0.2) is 42.5 Å². The van der Waals surface area contributed by atoms with Gasteiger partial charge in [-0.2, -0.15) is 0 Å². The van der Waals surface area contributed by atoms with Gasteiger partial charge in [0, 0.05) is 43.9 Å². The maximum absolute atomic E-state index is 13.9. The lowest BCUT2D eigenvalue weighted by atomic mass is 10.1. The number of ether oxygens (including phenoxy) is 1. The van der Waals surface area contributed by atoms with Gasteiger partial charge in [-0.15, -0.1) is 0 Å². The molecule has 0 unspecified atom stereocenters. The summed E-state index contributed by atoms with van der Waals surface area (Å²) in [6.45, 7) is 3.94. The van der Waals surface area contributed by atoms with Gasteiger partial charge in [0.2, 0.25) is 0 Å². The molecule has 4 nitrogen and oxygen atoms in total. The van der Waals surface area contributed by atoms with Crippen LogP contribution >= 0.6 is 0 Å². The molecule has 0 amide bonds. The second kappa shape index (κ2) is 7.45. The first kappa shape index (κ1) is 16.5. The molecule has 0 N–H and O–H groups in total. The molecule has 24 heavy (non-hydrogen) atoms. The standard InChI is InChI=1S/C19H21FN2O2/c1-24-19-7-6-15(14-23)12-16(19)13-21-8-10-22(11-9-21)18-5-3-2-4-17(18)20/h2-7,12,14H,8-11,13H2,1H3. The number of carbonyl (C=O) groups excluding carboxylic acids is 1. The topological polar surface area (TPSA) is 32.8 Å². The molecule has 1 aliphatic rings. The van der Waals surface area contributed by atoms with Crippen molar-refractivity contribution in [2.24, 2.45) is 0 Å². The highest BCUT2D eigenvalue weighted by Gasteiger charge is 2.20. The van der Waals surface area contributed by atoms with E-state index in [4.69, 9.17) is 4.74 Å². The van der Waals surface area contributed by atoms with Gasteiger partial charge in [0.1, 0.15) is 17.9 Å². The fourth-order valence-corrected chi connectivity index (χ4v) is 3.09. The normalized spacial score (nSPS) is 15.3. The minimum absolute atomic E-state index is 0.175. The number of rotatable bonds is 5. The highest BCUT2D eigenvalue weighted by atomic mass is 19.1. The van der Waals surface area contributed by atoms with Crippen LogP contribution in [0.5, 0.6) is 5.75 Å². The van der Waals surface area contributed by atoms with E-state index >= 15 is 0 Å². The van der Waals surface area contributed by atoms with Crippen molar-refractivity contribution in [3.8, 4) is 5.75 Å². The van der Waals surface area contributed by atoms with Gasteiger partial charge in [-0.1, -0.05) is 12.1 Å². The Kier molecular flexibility index (Phi) is 5.11. The van der Waals surface area contributed by atoms with Crippen LogP contribution < -0.4 is 9.64 Å². The predicted octanol–water partition coefficient (Wildman–Crippen LogP) is 2.97. The third-order valence-electron chi connectivity index (χ3n) is 4.40. The fraction of sp³-hybridized carbons (Fsp3) is 0.316. The molecule has 0 spiro atoms. The molecule has 2 aromatic rings. The van der Waals surface area contributed by atoms with Crippen LogP contribution in [-0.4, -0.2) is 44.5 Å². The molecule has 0 aliphatic carbocycles. The minimum atomic E-state index is -0.175. The lowest BCUT2D eigenvalue weighted by Gasteiger charge is -2.36. The molecule has 1 saturated heterocycles. The van der Waals surface area contributed by atoms with Crippen LogP contribution in [0.3, 0.4) is 0 Å². The van der Waals surface area contributed by atoms with Crippen molar-refractivity contribution >= 4 is 12.0 Å². The van der Waals surface area contributed by atoms with E-state index in [-0.39, 0.29) is 5.82 Å². The SMILES string of the molecule is COc1ccc(C=O)cc1CN1CCN(c2ccccc2F)CC1. The number of benzene rings is 2. The summed E-state index contributed by atoms with van der Waals surface area (Å²) in [7, 11) is 1.63. The summed E-state index contributed by atoms with van der Waals surface area (Å²) in [5, 5.41) is 0. The van der Waals surface area contributed by atoms with Crippen molar-refractivity contribution in [2.75, 3.05) is 38.2 Å². The summed E-state index contributed by atoms with van der Waals surface area (Å²) in [6, 6.07) is 12.3. The first-order chi connectivity index (χ1) is 11.7. The quantitative estimate of drug-likeness (QED) is 0.790. The number of carbonyl (C=O) groups is 1. The predicted molar refractivity (Wildman–Crippen MR) is 92.3 cm³/mol. The van der Waals surface area contributed by atoms with Crippen molar-refractivity contribution < 1.29 is 13.9 Å². The van der Waals surface area contributed by atoms with Crippen LogP contribution in [0.4, 0.5) is 10.1 Å². The van der Waals surface area contributed by atoms with E-state index in [0.29, 0.717) is 11.3 Å². The third-order valence-corrected chi connectivity index (χ3v) is 4.40. The first-order valence-electron chi connectivity index (χ1n) is 8.05. The summed E-state index contributed by atoms with van der Waals surface area (Å²) in [6.07, 6.45) is 0.846. The van der Waals surface area contributed by atoms with Gasteiger partial charge in [0.05, 0.1) is 12.8 Å². The second-order valence-corrected chi connectivity index (χ2v) is 5.90. The van der Waals surface area contributed by atoms with E-state index in [1.807, 2.05) is 24.3 Å². The highest BCUT2D eigenvalue weighted by molar-refractivity contribution is 5.75. The van der Waals surface area contributed by atoms with Crippen LogP contribution in [0.25, 0.3) is 0 Å². The molecule has 1 fully saturated rings. The average Bonchev–Trinajstić information content (AvgIpc) is 2.63. The lowest BCUT2D eigenvalue weighted by molar-refractivity contribution is 0.112. The largest absolute Gasteiger partial charge is 0.496 e. The minimum Gasteiger partial charge on any atom is -0.496 e. The van der Waals surface area contributed by atoms with Crippen molar-refractivity contribution in [1.82, 2.24) is 4.90 Å². The zero-order chi connectivity index (χ0) is 16.9. The Hall–Kier alpha value is -2.40. The maximum atomic E-state index is 13.9. The molecule has 3 rings (SSSR count). The molecule has 0 atom stereocenters. The van der Waals surface area contributed by atoms with Crippen molar-refractivity contribution in [1.29, 1.82) is 0 Å². The summed E-state index contributed by atoms with van der Waals surface area (Å²) < 4.78 is 19.3. The van der Waals surface area contributed by atoms with Gasteiger partial charge in [0.25, 0.3) is 0 Å². The lowest BCUT2D eigenvalue weighted by Crippen LogP contribution is -2.46. The Balaban J connectivity index is 1.65. The molecule has 1 aliphatic heterocycles. The highest BCUT2D eigenvalue weighted by Crippen LogP contribution is 2.24. The Morgan fingerprint density at radius 1 is 1.12 bits per heavy atom. The average molecular weight is 328 g/mol. The summed E-state index contributed by atoms with van der Waals surface area (Å²) in [5.74, 6) is 0.614. The molecule has 1 heterocycles. The number of nitrogens with zero attached hydrogens (tertiary/aromatic N) is 2. The summed E-state index contributed by atoms with van der Waals surface area (Å²) >= 11 is 0. The van der Waals surface area contributed by atoms with E-state index in [1.54, 1.807) is 19.2 Å². The Labute approximate surface area is 141 Å². The van der Waals surface area contributed by atoms with Gasteiger partial charge in [-0.3, -0.25) is 9.69 Å². The van der Waals surface area contributed by atoms with Gasteiger partial charge >= 0.3 is 0 Å².